The number of aromatic nitrogens is 3. The van der Waals surface area contributed by atoms with Gasteiger partial charge in [0.15, 0.2) is 0 Å². The van der Waals surface area contributed by atoms with Gasteiger partial charge in [-0.2, -0.15) is 0 Å². The predicted octanol–water partition coefficient (Wildman–Crippen LogP) is 2.13. The third kappa shape index (κ3) is 2.12. The Morgan fingerprint density at radius 1 is 1.36 bits per heavy atom. The molecule has 1 N–H and O–H groups in total. The summed E-state index contributed by atoms with van der Waals surface area (Å²) in [5.41, 5.74) is 2.09. The fraction of sp³-hybridized carbons (Fsp3) is 0.200. The Hall–Kier alpha value is -1.35. The van der Waals surface area contributed by atoms with Gasteiger partial charge in [0.1, 0.15) is 5.82 Å². The number of pyridine rings is 1. The van der Waals surface area contributed by atoms with E-state index in [1.165, 1.54) is 0 Å². The molecule has 2 aromatic heterocycles. The molecular formula is C10H10ClN3. The quantitative estimate of drug-likeness (QED) is 0.784. The van der Waals surface area contributed by atoms with E-state index in [2.05, 4.69) is 15.0 Å². The Labute approximate surface area is 87.2 Å². The first-order chi connectivity index (χ1) is 6.88. The van der Waals surface area contributed by atoms with Crippen molar-refractivity contribution in [2.45, 2.75) is 12.3 Å². The minimum atomic E-state index is 0.472. The summed E-state index contributed by atoms with van der Waals surface area (Å²) >= 11 is 5.66. The van der Waals surface area contributed by atoms with Crippen LogP contribution in [0.5, 0.6) is 0 Å². The first kappa shape index (κ1) is 9.21. The number of halogens is 1. The number of hydrogen-bond acceptors (Lipinski definition) is 2. The van der Waals surface area contributed by atoms with Crippen LogP contribution < -0.4 is 0 Å². The molecule has 0 aromatic carbocycles. The summed E-state index contributed by atoms with van der Waals surface area (Å²) in [4.78, 5) is 11.4. The van der Waals surface area contributed by atoms with Gasteiger partial charge < -0.3 is 4.98 Å². The van der Waals surface area contributed by atoms with Crippen molar-refractivity contribution in [3.63, 3.8) is 0 Å². The molecule has 0 saturated carbocycles. The van der Waals surface area contributed by atoms with Crippen molar-refractivity contribution in [3.05, 3.63) is 47.8 Å². The molecule has 3 nitrogen and oxygen atoms in total. The van der Waals surface area contributed by atoms with Crippen molar-refractivity contribution in [3.8, 4) is 0 Å². The van der Waals surface area contributed by atoms with Crippen LogP contribution in [0.4, 0.5) is 0 Å². The van der Waals surface area contributed by atoms with E-state index in [0.717, 1.165) is 23.5 Å². The zero-order valence-corrected chi connectivity index (χ0v) is 8.33. The summed E-state index contributed by atoms with van der Waals surface area (Å²) < 4.78 is 0. The Morgan fingerprint density at radius 3 is 2.93 bits per heavy atom. The molecule has 0 fully saturated rings. The summed E-state index contributed by atoms with van der Waals surface area (Å²) in [6.07, 6.45) is 6.13. The summed E-state index contributed by atoms with van der Waals surface area (Å²) in [5, 5.41) is 0. The van der Waals surface area contributed by atoms with Crippen molar-refractivity contribution in [2.24, 2.45) is 0 Å². The third-order valence-electron chi connectivity index (χ3n) is 1.92. The molecule has 0 aliphatic carbocycles. The van der Waals surface area contributed by atoms with E-state index in [4.69, 9.17) is 11.6 Å². The summed E-state index contributed by atoms with van der Waals surface area (Å²) in [7, 11) is 0. The third-order valence-corrected chi connectivity index (χ3v) is 2.21. The van der Waals surface area contributed by atoms with Gasteiger partial charge in [-0.05, 0) is 11.6 Å². The van der Waals surface area contributed by atoms with Gasteiger partial charge in [-0.1, -0.05) is 6.07 Å². The molecule has 0 atom stereocenters. The zero-order valence-electron chi connectivity index (χ0n) is 7.57. The Kier molecular flexibility index (Phi) is 2.79. The lowest BCUT2D eigenvalue weighted by molar-refractivity contribution is 1.00. The Balaban J connectivity index is 2.11. The van der Waals surface area contributed by atoms with Gasteiger partial charge in [-0.15, -0.1) is 11.6 Å². The zero-order chi connectivity index (χ0) is 9.80. The smallest absolute Gasteiger partial charge is 0.110 e. The number of nitrogens with one attached hydrogen (secondary N) is 1. The molecule has 0 aliphatic heterocycles. The first-order valence-electron chi connectivity index (χ1n) is 4.36. The summed E-state index contributed by atoms with van der Waals surface area (Å²) in [6, 6.07) is 3.94. The highest BCUT2D eigenvalue weighted by atomic mass is 35.5. The van der Waals surface area contributed by atoms with Gasteiger partial charge in [0.2, 0.25) is 0 Å². The molecule has 4 heteroatoms. The second-order valence-electron chi connectivity index (χ2n) is 3.03. The van der Waals surface area contributed by atoms with Crippen molar-refractivity contribution >= 4 is 11.6 Å². The average Bonchev–Trinajstić information content (AvgIpc) is 2.67. The molecule has 0 bridgehead atoms. The monoisotopic (exact) mass is 207 g/mol. The van der Waals surface area contributed by atoms with Gasteiger partial charge in [0.25, 0.3) is 0 Å². The van der Waals surface area contributed by atoms with Gasteiger partial charge in [-0.3, -0.25) is 4.98 Å². The molecular weight excluding hydrogens is 198 g/mol. The van der Waals surface area contributed by atoms with E-state index in [0.29, 0.717) is 5.88 Å². The number of nitrogens with zero attached hydrogens (tertiary/aromatic N) is 2. The van der Waals surface area contributed by atoms with Crippen LogP contribution in [-0.4, -0.2) is 15.0 Å². The topological polar surface area (TPSA) is 41.6 Å². The summed E-state index contributed by atoms with van der Waals surface area (Å²) in [5.74, 6) is 1.40. The lowest BCUT2D eigenvalue weighted by atomic mass is 10.2. The number of aromatic amines is 1. The number of alkyl halides is 1. The molecule has 14 heavy (non-hydrogen) atoms. The second-order valence-corrected chi connectivity index (χ2v) is 3.29. The highest BCUT2D eigenvalue weighted by Crippen LogP contribution is 2.06. The van der Waals surface area contributed by atoms with Crippen LogP contribution in [0, 0.1) is 0 Å². The van der Waals surface area contributed by atoms with Crippen molar-refractivity contribution in [2.75, 3.05) is 0 Å². The van der Waals surface area contributed by atoms with E-state index in [1.54, 1.807) is 12.4 Å². The number of rotatable bonds is 3. The predicted molar refractivity (Wildman–Crippen MR) is 55.2 cm³/mol. The van der Waals surface area contributed by atoms with E-state index in [-0.39, 0.29) is 0 Å². The van der Waals surface area contributed by atoms with E-state index >= 15 is 0 Å². The highest BCUT2D eigenvalue weighted by molar-refractivity contribution is 6.16. The second kappa shape index (κ2) is 4.24. The normalized spacial score (nSPS) is 10.4. The van der Waals surface area contributed by atoms with Gasteiger partial charge >= 0.3 is 0 Å². The van der Waals surface area contributed by atoms with E-state index in [9.17, 15) is 0 Å². The molecule has 0 unspecified atom stereocenters. The number of H-pyrrole nitrogens is 1. The van der Waals surface area contributed by atoms with Gasteiger partial charge in [0, 0.05) is 30.7 Å². The molecule has 0 spiro atoms. The SMILES string of the molecule is ClCc1cnc(Cc2cccnc2)[nH]1. The van der Waals surface area contributed by atoms with Crippen LogP contribution in [0.25, 0.3) is 0 Å². The molecule has 0 aliphatic rings. The molecule has 2 aromatic rings. The van der Waals surface area contributed by atoms with Gasteiger partial charge in [-0.25, -0.2) is 4.98 Å². The molecule has 2 heterocycles. The molecule has 0 amide bonds. The minimum absolute atomic E-state index is 0.472. The Bertz CT molecular complexity index is 397. The lowest BCUT2D eigenvalue weighted by Crippen LogP contribution is -1.91. The summed E-state index contributed by atoms with van der Waals surface area (Å²) in [6.45, 7) is 0. The largest absolute Gasteiger partial charge is 0.345 e. The molecule has 2 rings (SSSR count). The number of hydrogen-bond donors (Lipinski definition) is 1. The number of imidazole rings is 1. The van der Waals surface area contributed by atoms with Crippen molar-refractivity contribution in [1.29, 1.82) is 0 Å². The highest BCUT2D eigenvalue weighted by Gasteiger charge is 2.00. The first-order valence-corrected chi connectivity index (χ1v) is 4.89. The van der Waals surface area contributed by atoms with Crippen LogP contribution >= 0.6 is 11.6 Å². The lowest BCUT2D eigenvalue weighted by Gasteiger charge is -1.95. The van der Waals surface area contributed by atoms with Crippen LogP contribution in [0.1, 0.15) is 17.1 Å². The fourth-order valence-electron chi connectivity index (χ4n) is 1.26. The van der Waals surface area contributed by atoms with E-state index in [1.807, 2.05) is 18.3 Å². The molecule has 72 valence electrons. The van der Waals surface area contributed by atoms with Crippen LogP contribution in [0.15, 0.2) is 30.7 Å². The van der Waals surface area contributed by atoms with E-state index < -0.39 is 0 Å². The van der Waals surface area contributed by atoms with Gasteiger partial charge in [0.05, 0.1) is 5.88 Å². The fourth-order valence-corrected chi connectivity index (χ4v) is 1.40. The van der Waals surface area contributed by atoms with Crippen LogP contribution in [0.3, 0.4) is 0 Å². The minimum Gasteiger partial charge on any atom is -0.345 e. The molecule has 0 radical (unpaired) electrons. The van der Waals surface area contributed by atoms with Crippen LogP contribution in [-0.2, 0) is 12.3 Å². The Morgan fingerprint density at radius 2 is 2.29 bits per heavy atom. The average molecular weight is 208 g/mol. The van der Waals surface area contributed by atoms with Crippen molar-refractivity contribution < 1.29 is 0 Å². The van der Waals surface area contributed by atoms with Crippen LogP contribution in [0.2, 0.25) is 0 Å². The molecule has 0 saturated heterocycles. The maximum absolute atomic E-state index is 5.66. The maximum Gasteiger partial charge on any atom is 0.110 e. The van der Waals surface area contributed by atoms with Crippen molar-refractivity contribution in [1.82, 2.24) is 15.0 Å². The maximum atomic E-state index is 5.66. The standard InChI is InChI=1S/C10H10ClN3/c11-5-9-7-13-10(14-9)4-8-2-1-3-12-6-8/h1-3,6-7H,4-5H2,(H,13,14).